The van der Waals surface area contributed by atoms with Crippen molar-refractivity contribution < 1.29 is 9.50 Å². The monoisotopic (exact) mass is 404 g/mol. The van der Waals surface area contributed by atoms with Crippen molar-refractivity contribution in [3.63, 3.8) is 0 Å². The van der Waals surface area contributed by atoms with Gasteiger partial charge in [0.1, 0.15) is 11.5 Å². The van der Waals surface area contributed by atoms with Gasteiger partial charge in [0.25, 0.3) is 0 Å². The summed E-state index contributed by atoms with van der Waals surface area (Å²) in [6.07, 6.45) is 5.13. The van der Waals surface area contributed by atoms with Gasteiger partial charge in [-0.1, -0.05) is 42.0 Å². The van der Waals surface area contributed by atoms with Crippen molar-refractivity contribution >= 4 is 0 Å². The zero-order valence-electron chi connectivity index (χ0n) is 16.4. The molecule has 0 aliphatic carbocycles. The summed E-state index contributed by atoms with van der Waals surface area (Å²) in [6.45, 7) is 2.61. The minimum Gasteiger partial charge on any atom is -0.503 e. The van der Waals surface area contributed by atoms with Crippen LogP contribution in [0.4, 0.5) is 4.39 Å². The maximum atomic E-state index is 13.5. The molecule has 0 aliphatic rings. The predicted octanol–water partition coefficient (Wildman–Crippen LogP) is 4.01. The Balaban J connectivity index is 1.66. The average Bonchev–Trinajstić information content (AvgIpc) is 3.20. The standard InChI is InChI=1S/C23H21FN4O2/c1-15-3-2-4-17(13-15)19(16-5-7-18(24)8-6-16)9-11-28-12-10-25-23(28)21-22(30)20(29)14-26-27-21/h2-8,10,12-14,19H,9,11H2,1H3,(H,26,30)(H,27,29). The third-order valence-corrected chi connectivity index (χ3v) is 5.14. The number of imidazole rings is 1. The molecular weight excluding hydrogens is 383 g/mol. The summed E-state index contributed by atoms with van der Waals surface area (Å²) in [5.41, 5.74) is 2.92. The minimum atomic E-state index is -0.567. The summed E-state index contributed by atoms with van der Waals surface area (Å²) < 4.78 is 15.3. The molecule has 0 bridgehead atoms. The van der Waals surface area contributed by atoms with Crippen LogP contribution in [-0.4, -0.2) is 24.9 Å². The molecular formula is C23H21FN4O2. The molecule has 2 aromatic carbocycles. The normalized spacial score (nSPS) is 12.1. The quantitative estimate of drug-likeness (QED) is 0.509. The number of hydrogen-bond acceptors (Lipinski definition) is 4. The largest absolute Gasteiger partial charge is 0.503 e. The van der Waals surface area contributed by atoms with Crippen molar-refractivity contribution in [1.29, 1.82) is 0 Å². The van der Waals surface area contributed by atoms with Crippen LogP contribution < -0.4 is 5.43 Å². The number of hydrogen-bond donors (Lipinski definition) is 2. The molecule has 2 heterocycles. The van der Waals surface area contributed by atoms with Crippen LogP contribution in [0.5, 0.6) is 5.75 Å². The topological polar surface area (TPSA) is 83.8 Å². The van der Waals surface area contributed by atoms with E-state index in [0.717, 1.165) is 22.9 Å². The highest BCUT2D eigenvalue weighted by atomic mass is 19.1. The van der Waals surface area contributed by atoms with Gasteiger partial charge in [-0.05, 0) is 36.6 Å². The Kier molecular flexibility index (Phi) is 5.43. The zero-order valence-corrected chi connectivity index (χ0v) is 16.4. The summed E-state index contributed by atoms with van der Waals surface area (Å²) in [5, 5.41) is 16.5. The van der Waals surface area contributed by atoms with Crippen LogP contribution in [-0.2, 0) is 6.54 Å². The number of benzene rings is 2. The lowest BCUT2D eigenvalue weighted by molar-refractivity contribution is 0.466. The van der Waals surface area contributed by atoms with E-state index in [4.69, 9.17) is 0 Å². The van der Waals surface area contributed by atoms with E-state index in [1.807, 2.05) is 35.8 Å². The molecule has 7 heteroatoms. The Labute approximate surface area is 172 Å². The van der Waals surface area contributed by atoms with Crippen molar-refractivity contribution in [2.75, 3.05) is 0 Å². The van der Waals surface area contributed by atoms with Crippen LogP contribution in [0.2, 0.25) is 0 Å². The summed E-state index contributed by atoms with van der Waals surface area (Å²) >= 11 is 0. The van der Waals surface area contributed by atoms with Gasteiger partial charge < -0.3 is 9.67 Å². The SMILES string of the molecule is Cc1cccc(C(CCn2ccnc2-c2[nH]ncc(=O)c2O)c2ccc(F)cc2)c1. The number of aromatic hydroxyl groups is 1. The predicted molar refractivity (Wildman–Crippen MR) is 112 cm³/mol. The second kappa shape index (κ2) is 8.32. The van der Waals surface area contributed by atoms with Crippen molar-refractivity contribution in [3.05, 3.63) is 99.9 Å². The van der Waals surface area contributed by atoms with Crippen LogP contribution in [0.1, 0.15) is 29.0 Å². The number of nitrogens with zero attached hydrogens (tertiary/aromatic N) is 3. The van der Waals surface area contributed by atoms with Crippen molar-refractivity contribution in [3.8, 4) is 17.3 Å². The fourth-order valence-corrected chi connectivity index (χ4v) is 3.64. The van der Waals surface area contributed by atoms with Crippen LogP contribution in [0.3, 0.4) is 0 Å². The molecule has 4 aromatic rings. The molecule has 0 saturated heterocycles. The molecule has 4 rings (SSSR count). The molecule has 0 aliphatic heterocycles. The van der Waals surface area contributed by atoms with Crippen LogP contribution in [0, 0.1) is 12.7 Å². The van der Waals surface area contributed by atoms with E-state index in [1.165, 1.54) is 12.1 Å². The molecule has 0 amide bonds. The smallest absolute Gasteiger partial charge is 0.242 e. The van der Waals surface area contributed by atoms with Gasteiger partial charge in [0.2, 0.25) is 5.43 Å². The van der Waals surface area contributed by atoms with Gasteiger partial charge in [0.05, 0.1) is 6.20 Å². The Morgan fingerprint density at radius 1 is 1.17 bits per heavy atom. The second-order valence-electron chi connectivity index (χ2n) is 7.21. The van der Waals surface area contributed by atoms with Crippen LogP contribution >= 0.6 is 0 Å². The highest BCUT2D eigenvalue weighted by Crippen LogP contribution is 2.30. The van der Waals surface area contributed by atoms with E-state index < -0.39 is 11.2 Å². The maximum absolute atomic E-state index is 13.5. The van der Waals surface area contributed by atoms with Gasteiger partial charge in [-0.25, -0.2) is 9.37 Å². The molecule has 0 saturated carbocycles. The molecule has 152 valence electrons. The first-order valence-electron chi connectivity index (χ1n) is 9.63. The highest BCUT2D eigenvalue weighted by molar-refractivity contribution is 5.57. The summed E-state index contributed by atoms with van der Waals surface area (Å²) in [5.74, 6) is -0.206. The molecule has 1 unspecified atom stereocenters. The molecule has 30 heavy (non-hydrogen) atoms. The molecule has 0 radical (unpaired) electrons. The number of halogens is 1. The third kappa shape index (κ3) is 4.00. The molecule has 2 N–H and O–H groups in total. The van der Waals surface area contributed by atoms with E-state index in [2.05, 4.69) is 27.3 Å². The Morgan fingerprint density at radius 3 is 2.73 bits per heavy atom. The zero-order chi connectivity index (χ0) is 21.1. The highest BCUT2D eigenvalue weighted by Gasteiger charge is 2.18. The van der Waals surface area contributed by atoms with Gasteiger partial charge in [0.15, 0.2) is 11.6 Å². The molecule has 6 nitrogen and oxygen atoms in total. The Bertz CT molecular complexity index is 1210. The van der Waals surface area contributed by atoms with Crippen molar-refractivity contribution in [2.24, 2.45) is 0 Å². The van der Waals surface area contributed by atoms with Gasteiger partial charge in [0, 0.05) is 24.9 Å². The van der Waals surface area contributed by atoms with Gasteiger partial charge in [-0.2, -0.15) is 5.10 Å². The van der Waals surface area contributed by atoms with Crippen molar-refractivity contribution in [1.82, 2.24) is 19.7 Å². The number of H-pyrrole nitrogens is 1. The third-order valence-electron chi connectivity index (χ3n) is 5.14. The lowest BCUT2D eigenvalue weighted by atomic mass is 9.88. The molecule has 0 spiro atoms. The van der Waals surface area contributed by atoms with E-state index in [1.54, 1.807) is 12.4 Å². The summed E-state index contributed by atoms with van der Waals surface area (Å²) in [4.78, 5) is 16.0. The van der Waals surface area contributed by atoms with E-state index in [-0.39, 0.29) is 17.4 Å². The molecule has 1 atom stereocenters. The summed E-state index contributed by atoms with van der Waals surface area (Å²) in [6, 6.07) is 14.8. The molecule has 0 fully saturated rings. The number of aromatic nitrogens is 4. The van der Waals surface area contributed by atoms with Gasteiger partial charge in [-0.3, -0.25) is 9.89 Å². The number of nitrogens with one attached hydrogen (secondary N) is 1. The first kappa shape index (κ1) is 19.6. The average molecular weight is 404 g/mol. The Morgan fingerprint density at radius 2 is 1.97 bits per heavy atom. The fraction of sp³-hybridized carbons (Fsp3) is 0.174. The number of rotatable bonds is 6. The first-order valence-corrected chi connectivity index (χ1v) is 9.63. The van der Waals surface area contributed by atoms with E-state index in [9.17, 15) is 14.3 Å². The Hall–Kier alpha value is -3.74. The van der Waals surface area contributed by atoms with E-state index >= 15 is 0 Å². The van der Waals surface area contributed by atoms with Crippen molar-refractivity contribution in [2.45, 2.75) is 25.8 Å². The lowest BCUT2D eigenvalue weighted by Crippen LogP contribution is -2.10. The van der Waals surface area contributed by atoms with E-state index in [0.29, 0.717) is 18.8 Å². The van der Waals surface area contributed by atoms with Crippen LogP contribution in [0.25, 0.3) is 11.5 Å². The van der Waals surface area contributed by atoms with Gasteiger partial charge >= 0.3 is 0 Å². The number of aromatic amines is 1. The maximum Gasteiger partial charge on any atom is 0.242 e. The fourth-order valence-electron chi connectivity index (χ4n) is 3.64. The second-order valence-corrected chi connectivity index (χ2v) is 7.21. The van der Waals surface area contributed by atoms with Crippen LogP contribution in [0.15, 0.2) is 71.9 Å². The van der Waals surface area contributed by atoms with Gasteiger partial charge in [-0.15, -0.1) is 0 Å². The summed E-state index contributed by atoms with van der Waals surface area (Å²) in [7, 11) is 0. The molecule has 2 aromatic heterocycles. The number of aryl methyl sites for hydroxylation is 2. The lowest BCUT2D eigenvalue weighted by Gasteiger charge is -2.20. The minimum absolute atomic E-state index is 0.0438. The first-order chi connectivity index (χ1) is 14.5.